The summed E-state index contributed by atoms with van der Waals surface area (Å²) in [5.74, 6) is 0.527. The summed E-state index contributed by atoms with van der Waals surface area (Å²) < 4.78 is 5.36. The number of hydrogen-bond acceptors (Lipinski definition) is 3. The average Bonchev–Trinajstić information content (AvgIpc) is 2.68. The van der Waals surface area contributed by atoms with Crippen LogP contribution in [0.3, 0.4) is 0 Å². The van der Waals surface area contributed by atoms with Crippen LogP contribution in [0.5, 0.6) is 5.75 Å². The lowest BCUT2D eigenvalue weighted by molar-refractivity contribution is -0.142. The lowest BCUT2D eigenvalue weighted by Gasteiger charge is -2.39. The average molecular weight is 373 g/mol. The third-order valence-electron chi connectivity index (χ3n) is 5.33. The van der Waals surface area contributed by atoms with E-state index in [4.69, 9.17) is 4.74 Å². The highest BCUT2D eigenvalue weighted by Gasteiger charge is 2.42. The molecule has 0 saturated heterocycles. The lowest BCUT2D eigenvalue weighted by atomic mass is 9.80. The van der Waals surface area contributed by atoms with Crippen molar-refractivity contribution >= 4 is 17.9 Å². The van der Waals surface area contributed by atoms with Crippen LogP contribution in [0.15, 0.2) is 24.3 Å². The molecule has 0 radical (unpaired) electrons. The van der Waals surface area contributed by atoms with Gasteiger partial charge in [-0.2, -0.15) is 0 Å². The highest BCUT2D eigenvalue weighted by Crippen LogP contribution is 2.30. The first-order valence-corrected chi connectivity index (χ1v) is 9.90. The number of likely N-dealkylation sites (N-methyl/N-ethyl adjacent to an activating group) is 1. The van der Waals surface area contributed by atoms with Gasteiger partial charge in [0.05, 0.1) is 7.11 Å². The summed E-state index contributed by atoms with van der Waals surface area (Å²) in [6, 6.07) is 5.83. The molecule has 2 rings (SSSR count). The van der Waals surface area contributed by atoms with Crippen molar-refractivity contribution in [1.82, 2.24) is 10.2 Å². The van der Waals surface area contributed by atoms with Gasteiger partial charge >= 0.3 is 0 Å². The first kappa shape index (κ1) is 21.0. The van der Waals surface area contributed by atoms with Gasteiger partial charge in [0.1, 0.15) is 11.3 Å². The number of ether oxygens (including phenoxy) is 1. The third-order valence-corrected chi connectivity index (χ3v) is 5.33. The number of nitrogens with zero attached hydrogens (tertiary/aromatic N) is 1. The smallest absolute Gasteiger partial charge is 0.248 e. The Morgan fingerprint density at radius 3 is 2.44 bits per heavy atom. The van der Waals surface area contributed by atoms with E-state index in [1.54, 1.807) is 13.2 Å². The van der Waals surface area contributed by atoms with E-state index in [2.05, 4.69) is 5.32 Å². The van der Waals surface area contributed by atoms with Crippen LogP contribution < -0.4 is 10.1 Å². The van der Waals surface area contributed by atoms with Gasteiger partial charge in [0.25, 0.3) is 0 Å². The maximum atomic E-state index is 13.1. The van der Waals surface area contributed by atoms with Gasteiger partial charge in [-0.1, -0.05) is 30.9 Å². The highest BCUT2D eigenvalue weighted by atomic mass is 16.5. The number of hydrogen-bond donors (Lipinski definition) is 1. The molecule has 1 fully saturated rings. The van der Waals surface area contributed by atoms with Crippen LogP contribution >= 0.6 is 0 Å². The monoisotopic (exact) mass is 372 g/mol. The van der Waals surface area contributed by atoms with E-state index >= 15 is 0 Å². The predicted molar refractivity (Wildman–Crippen MR) is 109 cm³/mol. The van der Waals surface area contributed by atoms with E-state index in [0.29, 0.717) is 25.9 Å². The zero-order valence-electron chi connectivity index (χ0n) is 17.0. The van der Waals surface area contributed by atoms with Crippen molar-refractivity contribution in [2.24, 2.45) is 0 Å². The van der Waals surface area contributed by atoms with Crippen molar-refractivity contribution in [3.05, 3.63) is 35.4 Å². The molecule has 0 aromatic heterocycles. The van der Waals surface area contributed by atoms with Gasteiger partial charge in [0.15, 0.2) is 0 Å². The second-order valence-electron chi connectivity index (χ2n) is 7.19. The normalized spacial score (nSPS) is 16.1. The number of aryl methyl sites for hydroxylation is 1. The Kier molecular flexibility index (Phi) is 7.45. The second-order valence-corrected chi connectivity index (χ2v) is 7.19. The minimum Gasteiger partial charge on any atom is -0.496 e. The third kappa shape index (κ3) is 5.12. The summed E-state index contributed by atoms with van der Waals surface area (Å²) in [5.41, 5.74) is 1.17. The summed E-state index contributed by atoms with van der Waals surface area (Å²) in [4.78, 5) is 27.6. The molecule has 0 bridgehead atoms. The van der Waals surface area contributed by atoms with Crippen molar-refractivity contribution in [1.29, 1.82) is 0 Å². The van der Waals surface area contributed by atoms with Crippen LogP contribution in [0.1, 0.15) is 57.1 Å². The molecule has 0 atom stereocenters. The van der Waals surface area contributed by atoms with Crippen molar-refractivity contribution in [3.63, 3.8) is 0 Å². The number of amides is 2. The van der Waals surface area contributed by atoms with E-state index in [0.717, 1.165) is 36.1 Å². The lowest BCUT2D eigenvalue weighted by Crippen LogP contribution is -2.60. The van der Waals surface area contributed by atoms with Crippen LogP contribution in [0.25, 0.3) is 6.08 Å². The summed E-state index contributed by atoms with van der Waals surface area (Å²) in [6.07, 6.45) is 7.69. The predicted octanol–water partition coefficient (Wildman–Crippen LogP) is 3.70. The number of benzene rings is 1. The second kappa shape index (κ2) is 9.58. The molecule has 0 spiro atoms. The minimum atomic E-state index is -0.775. The van der Waals surface area contributed by atoms with Crippen LogP contribution in [0.2, 0.25) is 0 Å². The quantitative estimate of drug-likeness (QED) is 0.743. The first-order valence-electron chi connectivity index (χ1n) is 9.90. The molecule has 1 aromatic rings. The summed E-state index contributed by atoms with van der Waals surface area (Å²) in [5, 5.41) is 3.05. The van der Waals surface area contributed by atoms with E-state index in [1.165, 1.54) is 6.08 Å². The molecule has 148 valence electrons. The van der Waals surface area contributed by atoms with E-state index in [9.17, 15) is 9.59 Å². The number of methoxy groups -OCH3 is 1. The molecule has 0 unspecified atom stereocenters. The molecule has 2 amide bonds. The number of nitrogens with one attached hydrogen (secondary N) is 1. The molecular weight excluding hydrogens is 340 g/mol. The highest BCUT2D eigenvalue weighted by molar-refractivity contribution is 5.97. The maximum Gasteiger partial charge on any atom is 0.248 e. The van der Waals surface area contributed by atoms with Crippen molar-refractivity contribution < 1.29 is 14.3 Å². The summed E-state index contributed by atoms with van der Waals surface area (Å²) in [7, 11) is 1.61. The topological polar surface area (TPSA) is 58.6 Å². The Morgan fingerprint density at radius 1 is 1.19 bits per heavy atom. The molecule has 1 aliphatic rings. The van der Waals surface area contributed by atoms with Gasteiger partial charge < -0.3 is 15.0 Å². The Balaban J connectivity index is 2.19. The fraction of sp³-hybridized carbons (Fsp3) is 0.545. The van der Waals surface area contributed by atoms with Gasteiger partial charge in [-0.15, -0.1) is 0 Å². The van der Waals surface area contributed by atoms with Crippen molar-refractivity contribution in [3.8, 4) is 5.75 Å². The number of carbonyl (C=O) groups excluding carboxylic acids is 2. The van der Waals surface area contributed by atoms with Gasteiger partial charge in [0.2, 0.25) is 11.8 Å². The van der Waals surface area contributed by atoms with Gasteiger partial charge in [0, 0.05) is 24.7 Å². The SMILES string of the molecule is CCN(CC)C(=O)C1(NC(=O)/C=C/c2cc(C)ccc2OC)CCCCC1. The summed E-state index contributed by atoms with van der Waals surface area (Å²) >= 11 is 0. The molecule has 27 heavy (non-hydrogen) atoms. The van der Waals surface area contributed by atoms with E-state index in [1.807, 2.05) is 43.9 Å². The van der Waals surface area contributed by atoms with E-state index in [-0.39, 0.29) is 11.8 Å². The van der Waals surface area contributed by atoms with Gasteiger partial charge in [-0.05, 0) is 51.8 Å². The Bertz CT molecular complexity index is 687. The zero-order chi connectivity index (χ0) is 19.9. The zero-order valence-corrected chi connectivity index (χ0v) is 17.0. The summed E-state index contributed by atoms with van der Waals surface area (Å²) in [6.45, 7) is 7.26. The fourth-order valence-electron chi connectivity index (χ4n) is 3.79. The van der Waals surface area contributed by atoms with Crippen LogP contribution in [-0.4, -0.2) is 42.5 Å². The standard InChI is InChI=1S/C22H32N2O3/c1-5-24(6-2)21(26)22(14-8-7-9-15-22)23-20(25)13-11-18-16-17(3)10-12-19(18)27-4/h10-13,16H,5-9,14-15H2,1-4H3,(H,23,25)/b13-11+. The van der Waals surface area contributed by atoms with Gasteiger partial charge in [-0.3, -0.25) is 9.59 Å². The molecule has 1 aliphatic carbocycles. The molecule has 1 saturated carbocycles. The maximum absolute atomic E-state index is 13.1. The molecule has 0 heterocycles. The minimum absolute atomic E-state index is 0.0436. The Hall–Kier alpha value is -2.30. The molecule has 1 aromatic carbocycles. The first-order chi connectivity index (χ1) is 13.0. The fourth-order valence-corrected chi connectivity index (χ4v) is 3.79. The van der Waals surface area contributed by atoms with Crippen molar-refractivity contribution in [2.45, 2.75) is 58.4 Å². The largest absolute Gasteiger partial charge is 0.496 e. The molecule has 5 nitrogen and oxygen atoms in total. The van der Waals surface area contributed by atoms with Crippen LogP contribution in [0, 0.1) is 6.92 Å². The molecule has 0 aliphatic heterocycles. The molecule has 5 heteroatoms. The Morgan fingerprint density at radius 2 is 1.85 bits per heavy atom. The number of rotatable bonds is 7. The Labute approximate surface area is 162 Å². The van der Waals surface area contributed by atoms with Crippen molar-refractivity contribution in [2.75, 3.05) is 20.2 Å². The number of carbonyl (C=O) groups is 2. The van der Waals surface area contributed by atoms with E-state index < -0.39 is 5.54 Å². The molecule has 1 N–H and O–H groups in total. The van der Waals surface area contributed by atoms with Gasteiger partial charge in [-0.25, -0.2) is 0 Å². The van der Waals surface area contributed by atoms with Crippen LogP contribution in [-0.2, 0) is 9.59 Å². The molecular formula is C22H32N2O3. The van der Waals surface area contributed by atoms with Crippen LogP contribution in [0.4, 0.5) is 0 Å².